The van der Waals surface area contributed by atoms with Crippen LogP contribution < -0.4 is 5.32 Å². The van der Waals surface area contributed by atoms with Crippen LogP contribution in [-0.2, 0) is 38.1 Å². The third-order valence-corrected chi connectivity index (χ3v) is 7.81. The van der Waals surface area contributed by atoms with Crippen molar-refractivity contribution in [3.05, 3.63) is 70.0 Å². The van der Waals surface area contributed by atoms with Crippen LogP contribution in [0.4, 0.5) is 30.7 Å². The SMILES string of the molecule is Cc1cc(F)ccc1[C@@H]1CN(C(=O)C2CC(=O)NC(=O)C2)CC[C@H]1C(=O)N(C)Cc1cc(C(F)(F)F)cc(C(F)(F)F)c1. The van der Waals surface area contributed by atoms with Crippen LogP contribution in [0.3, 0.4) is 0 Å². The van der Waals surface area contributed by atoms with Crippen LogP contribution in [0.2, 0.25) is 0 Å². The zero-order valence-corrected chi connectivity index (χ0v) is 23.1. The van der Waals surface area contributed by atoms with Gasteiger partial charge in [-0.25, -0.2) is 4.39 Å². The molecule has 0 bridgehead atoms. The minimum atomic E-state index is -5.05. The molecule has 0 aromatic heterocycles. The highest BCUT2D eigenvalue weighted by Crippen LogP contribution is 2.39. The number of likely N-dealkylation sites (tertiary alicyclic amines) is 1. The average molecular weight is 616 g/mol. The standard InChI is InChI=1S/C29H28F7N3O4/c1-15-7-20(30)3-4-21(15)23-14-39(26(42)17-10-24(40)37-25(41)11-17)6-5-22(23)27(43)38(2)13-16-8-18(28(31,32)33)12-19(9-16)29(34,35)36/h3-4,7-9,12,17,22-23H,5-6,10-11,13-14H2,1-2H3,(H,37,40,41)/t22-,23+/m1/s1. The van der Waals surface area contributed by atoms with E-state index in [0.29, 0.717) is 23.3 Å². The second-order valence-electron chi connectivity index (χ2n) is 11.0. The molecule has 2 aliphatic heterocycles. The zero-order chi connectivity index (χ0) is 31.9. The predicted molar refractivity (Wildman–Crippen MR) is 137 cm³/mol. The smallest absolute Gasteiger partial charge is 0.342 e. The largest absolute Gasteiger partial charge is 0.416 e. The molecule has 2 heterocycles. The lowest BCUT2D eigenvalue weighted by Gasteiger charge is -2.41. The predicted octanol–water partition coefficient (Wildman–Crippen LogP) is 4.82. The number of hydrogen-bond donors (Lipinski definition) is 1. The molecule has 232 valence electrons. The number of halogens is 7. The van der Waals surface area contributed by atoms with E-state index in [9.17, 15) is 49.9 Å². The molecule has 0 unspecified atom stereocenters. The van der Waals surface area contributed by atoms with Crippen molar-refractivity contribution >= 4 is 23.6 Å². The number of aryl methyl sites for hydroxylation is 1. The van der Waals surface area contributed by atoms with E-state index >= 15 is 0 Å². The number of amides is 4. The Balaban J connectivity index is 1.61. The summed E-state index contributed by atoms with van der Waals surface area (Å²) in [7, 11) is 1.26. The van der Waals surface area contributed by atoms with Crippen molar-refractivity contribution in [1.82, 2.24) is 15.1 Å². The molecule has 1 N–H and O–H groups in total. The van der Waals surface area contributed by atoms with Gasteiger partial charge in [-0.1, -0.05) is 6.07 Å². The highest BCUT2D eigenvalue weighted by molar-refractivity contribution is 6.02. The summed E-state index contributed by atoms with van der Waals surface area (Å²) in [5, 5.41) is 2.13. The van der Waals surface area contributed by atoms with Gasteiger partial charge < -0.3 is 9.80 Å². The van der Waals surface area contributed by atoms with Gasteiger partial charge in [-0.2, -0.15) is 26.3 Å². The fourth-order valence-electron chi connectivity index (χ4n) is 5.77. The van der Waals surface area contributed by atoms with Crippen LogP contribution in [0.1, 0.15) is 53.0 Å². The first-order valence-corrected chi connectivity index (χ1v) is 13.3. The number of carbonyl (C=O) groups is 4. The molecule has 2 aromatic rings. The average Bonchev–Trinajstić information content (AvgIpc) is 2.90. The van der Waals surface area contributed by atoms with E-state index in [1.165, 1.54) is 30.1 Å². The van der Waals surface area contributed by atoms with Crippen LogP contribution in [-0.4, -0.2) is 53.6 Å². The normalized spacial score (nSPS) is 20.2. The molecule has 2 aliphatic rings. The molecule has 2 aromatic carbocycles. The Kier molecular flexibility index (Phi) is 8.89. The molecule has 4 rings (SSSR count). The van der Waals surface area contributed by atoms with Gasteiger partial charge in [-0.05, 0) is 60.4 Å². The van der Waals surface area contributed by atoms with Crippen molar-refractivity contribution in [1.29, 1.82) is 0 Å². The Morgan fingerprint density at radius 2 is 1.53 bits per heavy atom. The molecule has 0 aliphatic carbocycles. The van der Waals surface area contributed by atoms with E-state index < -0.39 is 77.2 Å². The fourth-order valence-corrected chi connectivity index (χ4v) is 5.77. The number of carbonyl (C=O) groups excluding carboxylic acids is 4. The van der Waals surface area contributed by atoms with E-state index in [-0.39, 0.29) is 44.0 Å². The summed E-state index contributed by atoms with van der Waals surface area (Å²) in [4.78, 5) is 53.1. The molecule has 2 atom stereocenters. The van der Waals surface area contributed by atoms with Gasteiger partial charge in [-0.15, -0.1) is 0 Å². The minimum absolute atomic E-state index is 0.00884. The van der Waals surface area contributed by atoms with Crippen molar-refractivity contribution in [3.8, 4) is 0 Å². The third kappa shape index (κ3) is 7.34. The van der Waals surface area contributed by atoms with Gasteiger partial charge in [0.05, 0.1) is 17.0 Å². The maximum absolute atomic E-state index is 13.9. The quantitative estimate of drug-likeness (QED) is 0.387. The van der Waals surface area contributed by atoms with Gasteiger partial charge in [0.1, 0.15) is 5.82 Å². The third-order valence-electron chi connectivity index (χ3n) is 7.81. The van der Waals surface area contributed by atoms with Gasteiger partial charge in [0.25, 0.3) is 0 Å². The number of nitrogens with zero attached hydrogens (tertiary/aromatic N) is 2. The number of alkyl halides is 6. The van der Waals surface area contributed by atoms with Gasteiger partial charge in [0.2, 0.25) is 23.6 Å². The highest BCUT2D eigenvalue weighted by Gasteiger charge is 2.42. The van der Waals surface area contributed by atoms with Crippen molar-refractivity contribution < 1.29 is 49.9 Å². The molecule has 4 amide bonds. The van der Waals surface area contributed by atoms with Gasteiger partial charge in [0, 0.05) is 51.4 Å². The van der Waals surface area contributed by atoms with E-state index in [1.54, 1.807) is 6.92 Å². The van der Waals surface area contributed by atoms with E-state index in [1.807, 2.05) is 0 Å². The Morgan fingerprint density at radius 3 is 2.07 bits per heavy atom. The molecule has 0 spiro atoms. The Bertz CT molecular complexity index is 1390. The van der Waals surface area contributed by atoms with E-state index in [0.717, 1.165) is 4.90 Å². The lowest BCUT2D eigenvalue weighted by Crippen LogP contribution is -2.51. The van der Waals surface area contributed by atoms with Crippen LogP contribution in [0.5, 0.6) is 0 Å². The van der Waals surface area contributed by atoms with Crippen LogP contribution in [0, 0.1) is 24.6 Å². The maximum atomic E-state index is 13.9. The van der Waals surface area contributed by atoms with Crippen molar-refractivity contribution in [2.75, 3.05) is 20.1 Å². The Labute approximate surface area is 242 Å². The summed E-state index contributed by atoms with van der Waals surface area (Å²) < 4.78 is 94.1. The summed E-state index contributed by atoms with van der Waals surface area (Å²) >= 11 is 0. The summed E-state index contributed by atoms with van der Waals surface area (Å²) in [6.07, 6.45) is -10.4. The van der Waals surface area contributed by atoms with Gasteiger partial charge >= 0.3 is 12.4 Å². The number of nitrogens with one attached hydrogen (secondary N) is 1. The molecule has 14 heteroatoms. The molecule has 7 nitrogen and oxygen atoms in total. The van der Waals surface area contributed by atoms with E-state index in [2.05, 4.69) is 5.32 Å². The van der Waals surface area contributed by atoms with Crippen molar-refractivity contribution in [2.45, 2.75) is 51.0 Å². The van der Waals surface area contributed by atoms with Crippen LogP contribution >= 0.6 is 0 Å². The molecular formula is C29H28F7N3O4. The van der Waals surface area contributed by atoms with E-state index in [4.69, 9.17) is 0 Å². The van der Waals surface area contributed by atoms with Crippen LogP contribution in [0.15, 0.2) is 36.4 Å². The molecule has 43 heavy (non-hydrogen) atoms. The first kappa shape index (κ1) is 32.0. The second kappa shape index (κ2) is 12.0. The van der Waals surface area contributed by atoms with Crippen molar-refractivity contribution in [2.24, 2.45) is 11.8 Å². The van der Waals surface area contributed by atoms with Crippen molar-refractivity contribution in [3.63, 3.8) is 0 Å². The zero-order valence-electron chi connectivity index (χ0n) is 23.1. The molecule has 2 saturated heterocycles. The first-order valence-electron chi connectivity index (χ1n) is 13.3. The molecule has 0 saturated carbocycles. The second-order valence-corrected chi connectivity index (χ2v) is 11.0. The summed E-state index contributed by atoms with van der Waals surface area (Å²) in [5.74, 6) is -5.23. The first-order chi connectivity index (χ1) is 19.9. The van der Waals surface area contributed by atoms with Gasteiger partial charge in [-0.3, -0.25) is 24.5 Å². The number of rotatable bonds is 5. The molecule has 2 fully saturated rings. The number of imide groups is 1. The summed E-state index contributed by atoms with van der Waals surface area (Å²) in [6, 6.07) is 5.01. The highest BCUT2D eigenvalue weighted by atomic mass is 19.4. The monoisotopic (exact) mass is 615 g/mol. The number of piperidine rings is 2. The molecular weight excluding hydrogens is 587 g/mol. The number of hydrogen-bond acceptors (Lipinski definition) is 4. The topological polar surface area (TPSA) is 86.8 Å². The number of benzene rings is 2. The maximum Gasteiger partial charge on any atom is 0.416 e. The Morgan fingerprint density at radius 1 is 0.953 bits per heavy atom. The Hall–Kier alpha value is -3.97. The van der Waals surface area contributed by atoms with Gasteiger partial charge in [0.15, 0.2) is 0 Å². The van der Waals surface area contributed by atoms with Crippen LogP contribution in [0.25, 0.3) is 0 Å². The minimum Gasteiger partial charge on any atom is -0.342 e. The lowest BCUT2D eigenvalue weighted by molar-refractivity contribution is -0.148. The summed E-state index contributed by atoms with van der Waals surface area (Å²) in [5.41, 5.74) is -2.37. The lowest BCUT2D eigenvalue weighted by atomic mass is 9.77. The summed E-state index contributed by atoms with van der Waals surface area (Å²) in [6.45, 7) is 1.06. The molecule has 0 radical (unpaired) electrons. The fraction of sp³-hybridized carbons (Fsp3) is 0.448.